The molecule has 0 heterocycles. The number of unbranched alkanes of at least 4 members (excludes halogenated alkanes) is 16. The van der Waals surface area contributed by atoms with Crippen LogP contribution in [0, 0.1) is 5.92 Å². The first-order valence-corrected chi connectivity index (χ1v) is 42.6. The summed E-state index contributed by atoms with van der Waals surface area (Å²) in [4.78, 5) is 42.9. The molecule has 0 spiro atoms. The highest BCUT2D eigenvalue weighted by Crippen LogP contribution is 2.48. The van der Waals surface area contributed by atoms with Gasteiger partial charge < -0.3 is 33.1 Å². The molecule has 10 nitrogen and oxygen atoms in total. The lowest BCUT2D eigenvalue weighted by Gasteiger charge is -2.42. The summed E-state index contributed by atoms with van der Waals surface area (Å²) in [5.74, 6) is 0.170. The number of ketones is 1. The second-order valence-electron chi connectivity index (χ2n) is 29.9. The molecule has 6 rings (SSSR count). The first-order valence-electron chi connectivity index (χ1n) is 37.5. The minimum Gasteiger partial charge on any atom is -0.493 e. The Morgan fingerprint density at radius 2 is 0.804 bits per heavy atom. The van der Waals surface area contributed by atoms with Gasteiger partial charge in [-0.3, -0.25) is 9.59 Å². The second kappa shape index (κ2) is 41.1. The summed E-state index contributed by atoms with van der Waals surface area (Å²) < 4.78 is 39.9. The van der Waals surface area contributed by atoms with Crippen molar-refractivity contribution < 1.29 is 42.2 Å². The molecular formula is C83H123Cl2NO9Si2. The molecule has 5 aromatic carbocycles. The van der Waals surface area contributed by atoms with Crippen molar-refractivity contribution in [2.24, 2.45) is 5.92 Å². The number of ether oxygens (including phenoxy) is 4. The molecule has 0 saturated carbocycles. The number of hydrogen-bond acceptors (Lipinski definition) is 9. The third-order valence-electron chi connectivity index (χ3n) is 20.6. The number of rotatable bonds is 47. The van der Waals surface area contributed by atoms with E-state index in [0.717, 1.165) is 86.8 Å². The van der Waals surface area contributed by atoms with Gasteiger partial charge in [-0.25, -0.2) is 4.79 Å². The predicted molar refractivity (Wildman–Crippen MR) is 409 cm³/mol. The Kier molecular flexibility index (Phi) is 34.3. The Morgan fingerprint density at radius 3 is 1.18 bits per heavy atom. The third kappa shape index (κ3) is 23.3. The van der Waals surface area contributed by atoms with Gasteiger partial charge in [-0.15, -0.1) is 0 Å². The summed E-state index contributed by atoms with van der Waals surface area (Å²) in [6.45, 7) is 35.2. The van der Waals surface area contributed by atoms with E-state index in [1.165, 1.54) is 64.2 Å². The fourth-order valence-electron chi connectivity index (χ4n) is 15.9. The van der Waals surface area contributed by atoms with E-state index in [2.05, 4.69) is 113 Å². The standard InChI is InChI=1S/C83H123Cl2NO9Si2/c1-60(2)55-79(86-82(89)92-59-78-76-39-31-29-37-74(76)75-38-30-32-40-77(75)78)80(87)49-50-81(88)95-83(67-41-45-70(84)46-42-67,68-43-47-71(85)48-44-68)69-56-72(90-51-33-25-21-17-15-19-23-27-35-53-93-96(61(3)4,62(5)6)63(7)8)58-73(57-69)91-52-34-26-22-18-16-20-24-28-36-54-94-97(64(9)10,65(11)12)66(13)14/h29-32,37-48,56-58,60-66,78-79H,15-28,33-36,49-55,59H2,1-14H3,(H,86,89)/t79-/m0/s1. The normalized spacial score (nSPS) is 13.1. The van der Waals surface area contributed by atoms with Crippen LogP contribution in [0.3, 0.4) is 0 Å². The first-order chi connectivity index (χ1) is 46.5. The van der Waals surface area contributed by atoms with Gasteiger partial charge in [0.2, 0.25) is 0 Å². The lowest BCUT2D eigenvalue weighted by atomic mass is 9.79. The van der Waals surface area contributed by atoms with Crippen LogP contribution in [0.25, 0.3) is 11.1 Å². The molecule has 536 valence electrons. The molecule has 0 bridgehead atoms. The molecule has 14 heteroatoms. The molecule has 0 saturated heterocycles. The molecule has 1 atom stereocenters. The monoisotopic (exact) mass is 1400 g/mol. The molecule has 0 aromatic heterocycles. The molecule has 1 aliphatic rings. The van der Waals surface area contributed by atoms with Gasteiger partial charge in [-0.1, -0.05) is 283 Å². The number of alkyl carbamates (subject to hydrolysis) is 1. The zero-order valence-corrected chi connectivity index (χ0v) is 65.5. The largest absolute Gasteiger partial charge is 0.493 e. The van der Waals surface area contributed by atoms with Crippen molar-refractivity contribution in [3.63, 3.8) is 0 Å². The van der Waals surface area contributed by atoms with Gasteiger partial charge in [0, 0.05) is 58.4 Å². The van der Waals surface area contributed by atoms with E-state index in [9.17, 15) is 14.4 Å². The van der Waals surface area contributed by atoms with Crippen LogP contribution >= 0.6 is 23.2 Å². The van der Waals surface area contributed by atoms with Crippen molar-refractivity contribution in [2.45, 2.75) is 283 Å². The van der Waals surface area contributed by atoms with E-state index in [1.807, 2.05) is 80.6 Å². The van der Waals surface area contributed by atoms with E-state index in [1.54, 1.807) is 24.3 Å². The van der Waals surface area contributed by atoms with E-state index in [0.29, 0.717) is 91.1 Å². The van der Waals surface area contributed by atoms with E-state index < -0.39 is 40.3 Å². The maximum Gasteiger partial charge on any atom is 0.407 e. The molecular weight excluding hydrogens is 1280 g/mol. The Labute approximate surface area is 598 Å². The highest BCUT2D eigenvalue weighted by molar-refractivity contribution is 6.78. The van der Waals surface area contributed by atoms with Crippen molar-refractivity contribution in [1.82, 2.24) is 5.32 Å². The van der Waals surface area contributed by atoms with Crippen molar-refractivity contribution >= 4 is 57.7 Å². The van der Waals surface area contributed by atoms with Crippen LogP contribution in [0.5, 0.6) is 11.5 Å². The quantitative estimate of drug-likeness (QED) is 0.0176. The number of hydrogen-bond donors (Lipinski definition) is 1. The maximum absolute atomic E-state index is 14.9. The highest BCUT2D eigenvalue weighted by Gasteiger charge is 2.47. The Bertz CT molecular complexity index is 2920. The van der Waals surface area contributed by atoms with Crippen LogP contribution in [0.4, 0.5) is 4.79 Å². The minimum absolute atomic E-state index is 0.0502. The average Bonchev–Trinajstić information content (AvgIpc) is 1.45. The molecule has 0 fully saturated rings. The highest BCUT2D eigenvalue weighted by atomic mass is 35.5. The van der Waals surface area contributed by atoms with Gasteiger partial charge in [0.05, 0.1) is 25.7 Å². The van der Waals surface area contributed by atoms with Crippen molar-refractivity contribution in [1.29, 1.82) is 0 Å². The number of esters is 1. The second-order valence-corrected chi connectivity index (χ2v) is 41.7. The fourth-order valence-corrected chi connectivity index (χ4v) is 27.1. The van der Waals surface area contributed by atoms with Gasteiger partial charge in [0.1, 0.15) is 18.1 Å². The van der Waals surface area contributed by atoms with E-state index in [-0.39, 0.29) is 37.1 Å². The molecule has 1 aliphatic carbocycles. The van der Waals surface area contributed by atoms with Gasteiger partial charge in [-0.2, -0.15) is 0 Å². The number of amides is 1. The van der Waals surface area contributed by atoms with Crippen molar-refractivity contribution in [3.05, 3.63) is 153 Å². The van der Waals surface area contributed by atoms with Crippen molar-refractivity contribution in [3.8, 4) is 22.6 Å². The summed E-state index contributed by atoms with van der Waals surface area (Å²) in [5, 5.41) is 3.90. The van der Waals surface area contributed by atoms with Crippen LogP contribution in [-0.2, 0) is 33.5 Å². The van der Waals surface area contributed by atoms with E-state index in [4.69, 9.17) is 51.0 Å². The summed E-state index contributed by atoms with van der Waals surface area (Å²) in [6, 6.07) is 35.9. The zero-order valence-electron chi connectivity index (χ0n) is 62.0. The van der Waals surface area contributed by atoms with Gasteiger partial charge in [0.15, 0.2) is 28.0 Å². The SMILES string of the molecule is CC(C)C[C@H](NC(=O)OCC1c2ccccc2-c2ccccc21)C(=O)CCC(=O)OC(c1ccc(Cl)cc1)(c1ccc(Cl)cc1)c1cc(OCCCCCCCCCCCO[Si](C(C)C)(C(C)C)C(C)C)cc(OCCCCCCCCCCCO[Si](C(C)C)(C(C)C)C(C)C)c1. The molecule has 0 aliphatic heterocycles. The molecule has 1 amide bonds. The van der Waals surface area contributed by atoms with Gasteiger partial charge in [0.25, 0.3) is 0 Å². The topological polar surface area (TPSA) is 119 Å². The maximum atomic E-state index is 14.9. The molecule has 0 radical (unpaired) electrons. The summed E-state index contributed by atoms with van der Waals surface area (Å²) in [7, 11) is -3.64. The molecule has 5 aromatic rings. The number of nitrogens with one attached hydrogen (secondary N) is 1. The van der Waals surface area contributed by atoms with E-state index >= 15 is 0 Å². The predicted octanol–water partition coefficient (Wildman–Crippen LogP) is 24.3. The third-order valence-corrected chi connectivity index (χ3v) is 33.3. The number of carbonyl (C=O) groups excluding carboxylic acids is 3. The first kappa shape index (κ1) is 81.0. The van der Waals surface area contributed by atoms with Crippen LogP contribution in [0.1, 0.15) is 266 Å². The number of fused-ring (bicyclic) bond motifs is 3. The zero-order chi connectivity index (χ0) is 70.5. The summed E-state index contributed by atoms with van der Waals surface area (Å²) in [5.41, 5.74) is 8.35. The van der Waals surface area contributed by atoms with Crippen molar-refractivity contribution in [2.75, 3.05) is 33.0 Å². The summed E-state index contributed by atoms with van der Waals surface area (Å²) >= 11 is 13.2. The lowest BCUT2D eigenvalue weighted by Crippen LogP contribution is -2.47. The molecule has 0 unspecified atom stereocenters. The lowest BCUT2D eigenvalue weighted by molar-refractivity contribution is -0.154. The van der Waals surface area contributed by atoms with Crippen LogP contribution in [0.15, 0.2) is 115 Å². The van der Waals surface area contributed by atoms with Crippen LogP contribution in [-0.4, -0.2) is 73.6 Å². The number of Topliss-reactive ketones (excluding diaryl/α,β-unsaturated/α-hetero) is 1. The van der Waals surface area contributed by atoms with Crippen LogP contribution in [0.2, 0.25) is 43.3 Å². The number of halogens is 2. The number of benzene rings is 5. The summed E-state index contributed by atoms with van der Waals surface area (Å²) in [6.07, 6.45) is 19.8. The molecule has 97 heavy (non-hydrogen) atoms. The smallest absolute Gasteiger partial charge is 0.407 e. The van der Waals surface area contributed by atoms with Gasteiger partial charge >= 0.3 is 12.1 Å². The Hall–Kier alpha value is -4.96. The number of carbonyl (C=O) groups is 3. The average molecular weight is 1410 g/mol. The fraction of sp³-hybridized carbons (Fsp3) is 0.602. The Morgan fingerprint density at radius 1 is 0.443 bits per heavy atom. The minimum atomic E-state index is -1.82. The Balaban J connectivity index is 1.13. The molecule has 1 N–H and O–H groups in total. The van der Waals surface area contributed by atoms with Gasteiger partial charge in [-0.05, 0) is 130 Å². The van der Waals surface area contributed by atoms with Crippen LogP contribution < -0.4 is 14.8 Å².